The lowest BCUT2D eigenvalue weighted by Gasteiger charge is -1.96. The third kappa shape index (κ3) is 3.20. The highest BCUT2D eigenvalue weighted by Gasteiger charge is 2.09. The maximum Gasteiger partial charge on any atom is 0.250 e. The van der Waals surface area contributed by atoms with Gasteiger partial charge in [0.2, 0.25) is 5.82 Å². The van der Waals surface area contributed by atoms with Crippen molar-refractivity contribution >= 4 is 33.8 Å². The van der Waals surface area contributed by atoms with Gasteiger partial charge < -0.3 is 10.3 Å². The van der Waals surface area contributed by atoms with E-state index in [0.717, 1.165) is 21.3 Å². The first-order valence-electron chi connectivity index (χ1n) is 6.34. The Bertz CT molecular complexity index is 795. The van der Waals surface area contributed by atoms with Gasteiger partial charge in [0.15, 0.2) is 0 Å². The summed E-state index contributed by atoms with van der Waals surface area (Å²) in [4.78, 5) is 4.35. The Hall–Kier alpha value is -2.40. The third-order valence-electron chi connectivity index (χ3n) is 2.89. The highest BCUT2D eigenvalue weighted by Crippen LogP contribution is 2.25. The lowest BCUT2D eigenvalue weighted by atomic mass is 10.2. The zero-order valence-corrected chi connectivity index (χ0v) is 12.6. The fraction of sp³-hybridized carbons (Fsp3) is 0. The number of nitrogens with two attached hydrogens (primary N) is 1. The van der Waals surface area contributed by atoms with E-state index in [9.17, 15) is 0 Å². The second kappa shape index (κ2) is 5.93. The van der Waals surface area contributed by atoms with Crippen molar-refractivity contribution in [3.05, 3.63) is 64.5 Å². The fourth-order valence-electron chi connectivity index (χ4n) is 1.89. The molecule has 0 aliphatic carbocycles. The van der Waals surface area contributed by atoms with Crippen molar-refractivity contribution in [1.29, 1.82) is 0 Å². The van der Waals surface area contributed by atoms with Crippen LogP contribution < -0.4 is 5.73 Å². The Morgan fingerprint density at radius 1 is 1.05 bits per heavy atom. The van der Waals surface area contributed by atoms with Gasteiger partial charge in [0, 0.05) is 21.8 Å². The molecule has 5 heteroatoms. The Morgan fingerprint density at radius 2 is 1.90 bits per heavy atom. The van der Waals surface area contributed by atoms with Gasteiger partial charge in [0.05, 0.1) is 0 Å². The molecule has 0 amide bonds. The van der Waals surface area contributed by atoms with Crippen LogP contribution in [-0.2, 0) is 0 Å². The highest BCUT2D eigenvalue weighted by atomic mass is 79.9. The molecule has 1 aromatic heterocycles. The summed E-state index contributed by atoms with van der Waals surface area (Å²) < 4.78 is 6.15. The van der Waals surface area contributed by atoms with E-state index in [1.54, 1.807) is 6.08 Å². The smallest absolute Gasteiger partial charge is 0.250 e. The van der Waals surface area contributed by atoms with E-state index in [-0.39, 0.29) is 0 Å². The zero-order chi connectivity index (χ0) is 14.7. The minimum atomic E-state index is 0.447. The van der Waals surface area contributed by atoms with Crippen LogP contribution in [0.1, 0.15) is 11.5 Å². The van der Waals surface area contributed by atoms with Crippen LogP contribution >= 0.6 is 15.9 Å². The molecule has 21 heavy (non-hydrogen) atoms. The molecule has 0 atom stereocenters. The largest absolute Gasteiger partial charge is 0.399 e. The summed E-state index contributed by atoms with van der Waals surface area (Å²) >= 11 is 3.47. The topological polar surface area (TPSA) is 64.9 Å². The summed E-state index contributed by atoms with van der Waals surface area (Å²) in [6.45, 7) is 0. The normalized spacial score (nSPS) is 11.1. The number of aromatic nitrogens is 2. The first kappa shape index (κ1) is 13.6. The van der Waals surface area contributed by atoms with Crippen LogP contribution in [0, 0.1) is 0 Å². The second-order valence-electron chi connectivity index (χ2n) is 4.44. The first-order chi connectivity index (χ1) is 10.2. The quantitative estimate of drug-likeness (QED) is 0.723. The van der Waals surface area contributed by atoms with Crippen LogP contribution in [-0.4, -0.2) is 10.1 Å². The van der Waals surface area contributed by atoms with E-state index in [0.29, 0.717) is 11.7 Å². The third-order valence-corrected chi connectivity index (χ3v) is 3.58. The summed E-state index contributed by atoms with van der Waals surface area (Å²) in [5.41, 5.74) is 8.33. The van der Waals surface area contributed by atoms with Crippen molar-refractivity contribution in [1.82, 2.24) is 10.1 Å². The minimum Gasteiger partial charge on any atom is -0.399 e. The number of hydrogen-bond donors (Lipinski definition) is 1. The maximum absolute atomic E-state index is 5.73. The number of hydrogen-bond acceptors (Lipinski definition) is 4. The standard InChI is InChI=1S/C16H12BrN3O/c17-14-7-2-1-6-13(14)16-19-15(21-20-16)9-8-11-4-3-5-12(18)10-11/h1-10H,18H2/b9-8+. The molecule has 0 radical (unpaired) electrons. The van der Waals surface area contributed by atoms with E-state index in [1.165, 1.54) is 0 Å². The Balaban J connectivity index is 1.84. The number of nitrogens with zero attached hydrogens (tertiary/aromatic N) is 2. The van der Waals surface area contributed by atoms with Crippen molar-refractivity contribution < 1.29 is 4.52 Å². The molecule has 0 fully saturated rings. The summed E-state index contributed by atoms with van der Waals surface area (Å²) in [5.74, 6) is 0.998. The molecule has 4 nitrogen and oxygen atoms in total. The molecule has 0 unspecified atom stereocenters. The van der Waals surface area contributed by atoms with Crippen LogP contribution in [0.15, 0.2) is 57.5 Å². The van der Waals surface area contributed by atoms with E-state index >= 15 is 0 Å². The summed E-state index contributed by atoms with van der Waals surface area (Å²) in [6.07, 6.45) is 3.65. The summed E-state index contributed by atoms with van der Waals surface area (Å²) in [5, 5.41) is 3.99. The van der Waals surface area contributed by atoms with Gasteiger partial charge in [-0.05, 0) is 35.9 Å². The predicted octanol–water partition coefficient (Wildman–Crippen LogP) is 4.25. The van der Waals surface area contributed by atoms with Crippen molar-refractivity contribution in [2.24, 2.45) is 0 Å². The molecular weight excluding hydrogens is 330 g/mol. The summed E-state index contributed by atoms with van der Waals surface area (Å²) in [6, 6.07) is 15.3. The number of anilines is 1. The predicted molar refractivity (Wildman–Crippen MR) is 87.2 cm³/mol. The van der Waals surface area contributed by atoms with Gasteiger partial charge in [-0.15, -0.1) is 0 Å². The van der Waals surface area contributed by atoms with E-state index in [1.807, 2.05) is 54.6 Å². The van der Waals surface area contributed by atoms with Crippen LogP contribution in [0.3, 0.4) is 0 Å². The van der Waals surface area contributed by atoms with Gasteiger partial charge in [0.25, 0.3) is 5.89 Å². The molecule has 0 aliphatic heterocycles. The van der Waals surface area contributed by atoms with Crippen molar-refractivity contribution in [2.75, 3.05) is 5.73 Å². The number of halogens is 1. The molecule has 2 N–H and O–H groups in total. The molecular formula is C16H12BrN3O. The average molecular weight is 342 g/mol. The Morgan fingerprint density at radius 3 is 2.71 bits per heavy atom. The molecule has 3 rings (SSSR count). The lowest BCUT2D eigenvalue weighted by Crippen LogP contribution is -1.83. The molecule has 0 saturated heterocycles. The van der Waals surface area contributed by atoms with Crippen LogP contribution in [0.5, 0.6) is 0 Å². The second-order valence-corrected chi connectivity index (χ2v) is 5.29. The fourth-order valence-corrected chi connectivity index (χ4v) is 2.35. The Kier molecular flexibility index (Phi) is 3.83. The molecule has 0 bridgehead atoms. The van der Waals surface area contributed by atoms with Crippen molar-refractivity contribution in [3.8, 4) is 11.4 Å². The highest BCUT2D eigenvalue weighted by molar-refractivity contribution is 9.10. The molecule has 104 valence electrons. The lowest BCUT2D eigenvalue weighted by molar-refractivity contribution is 0.411. The SMILES string of the molecule is Nc1cccc(/C=C/c2nc(-c3ccccc3Br)no2)c1. The van der Waals surface area contributed by atoms with E-state index < -0.39 is 0 Å². The molecule has 3 aromatic rings. The van der Waals surface area contributed by atoms with Crippen LogP contribution in [0.25, 0.3) is 23.5 Å². The van der Waals surface area contributed by atoms with Gasteiger partial charge in [0.1, 0.15) is 0 Å². The monoisotopic (exact) mass is 341 g/mol. The van der Waals surface area contributed by atoms with E-state index in [2.05, 4.69) is 26.1 Å². The first-order valence-corrected chi connectivity index (χ1v) is 7.14. The van der Waals surface area contributed by atoms with Gasteiger partial charge >= 0.3 is 0 Å². The average Bonchev–Trinajstić information content (AvgIpc) is 2.94. The number of benzene rings is 2. The molecule has 0 aliphatic rings. The summed E-state index contributed by atoms with van der Waals surface area (Å²) in [7, 11) is 0. The molecule has 1 heterocycles. The van der Waals surface area contributed by atoms with Gasteiger partial charge in [-0.1, -0.05) is 45.4 Å². The van der Waals surface area contributed by atoms with Gasteiger partial charge in [-0.2, -0.15) is 4.98 Å². The molecule has 2 aromatic carbocycles. The van der Waals surface area contributed by atoms with Crippen LogP contribution in [0.2, 0.25) is 0 Å². The van der Waals surface area contributed by atoms with Gasteiger partial charge in [-0.3, -0.25) is 0 Å². The number of rotatable bonds is 3. The van der Waals surface area contributed by atoms with Crippen molar-refractivity contribution in [2.45, 2.75) is 0 Å². The minimum absolute atomic E-state index is 0.447. The molecule has 0 spiro atoms. The van der Waals surface area contributed by atoms with Gasteiger partial charge in [-0.25, -0.2) is 0 Å². The zero-order valence-electron chi connectivity index (χ0n) is 11.0. The van der Waals surface area contributed by atoms with E-state index in [4.69, 9.17) is 10.3 Å². The van der Waals surface area contributed by atoms with Crippen molar-refractivity contribution in [3.63, 3.8) is 0 Å². The maximum atomic E-state index is 5.73. The van der Waals surface area contributed by atoms with Crippen LogP contribution in [0.4, 0.5) is 5.69 Å². The molecule has 0 saturated carbocycles. The Labute approximate surface area is 130 Å². The number of nitrogen functional groups attached to an aromatic ring is 1.